The first-order valence-electron chi connectivity index (χ1n) is 5.56. The van der Waals surface area contributed by atoms with Crippen LogP contribution in [0.4, 0.5) is 0 Å². The normalized spacial score (nSPS) is 20.2. The van der Waals surface area contributed by atoms with Crippen molar-refractivity contribution < 1.29 is 5.11 Å². The Balaban J connectivity index is 2.32. The third kappa shape index (κ3) is 1.89. The molecule has 3 heteroatoms. The average molecular weight is 216 g/mol. The van der Waals surface area contributed by atoms with E-state index in [1.54, 1.807) is 12.1 Å². The SMILES string of the molecule is CN1CCC(C#N)(c2cccc(O)c2)CC1. The second kappa shape index (κ2) is 4.15. The third-order valence-corrected chi connectivity index (χ3v) is 3.45. The Kier molecular flexibility index (Phi) is 2.84. The van der Waals surface area contributed by atoms with Crippen molar-refractivity contribution in [3.05, 3.63) is 29.8 Å². The van der Waals surface area contributed by atoms with E-state index in [0.717, 1.165) is 31.5 Å². The Hall–Kier alpha value is -1.53. The lowest BCUT2D eigenvalue weighted by molar-refractivity contribution is 0.222. The summed E-state index contributed by atoms with van der Waals surface area (Å²) in [7, 11) is 2.07. The van der Waals surface area contributed by atoms with Gasteiger partial charge in [0.1, 0.15) is 5.75 Å². The summed E-state index contributed by atoms with van der Waals surface area (Å²) in [5, 5.41) is 18.9. The molecule has 0 amide bonds. The zero-order valence-electron chi connectivity index (χ0n) is 9.48. The van der Waals surface area contributed by atoms with Crippen LogP contribution in [0.25, 0.3) is 0 Å². The molecule has 1 aromatic carbocycles. The summed E-state index contributed by atoms with van der Waals surface area (Å²) < 4.78 is 0. The van der Waals surface area contributed by atoms with Crippen LogP contribution in [0, 0.1) is 11.3 Å². The van der Waals surface area contributed by atoms with Crippen LogP contribution in [0.5, 0.6) is 5.75 Å². The van der Waals surface area contributed by atoms with Gasteiger partial charge >= 0.3 is 0 Å². The molecule has 0 unspecified atom stereocenters. The molecule has 1 fully saturated rings. The number of likely N-dealkylation sites (tertiary alicyclic amines) is 1. The number of piperidine rings is 1. The highest BCUT2D eigenvalue weighted by atomic mass is 16.3. The molecule has 0 saturated carbocycles. The van der Waals surface area contributed by atoms with Crippen molar-refractivity contribution in [2.75, 3.05) is 20.1 Å². The van der Waals surface area contributed by atoms with Crippen LogP contribution in [-0.4, -0.2) is 30.1 Å². The van der Waals surface area contributed by atoms with E-state index >= 15 is 0 Å². The van der Waals surface area contributed by atoms with Gasteiger partial charge in [0.05, 0.1) is 11.5 Å². The van der Waals surface area contributed by atoms with E-state index in [1.165, 1.54) is 0 Å². The molecule has 1 saturated heterocycles. The van der Waals surface area contributed by atoms with Gasteiger partial charge in [-0.2, -0.15) is 5.26 Å². The summed E-state index contributed by atoms with van der Waals surface area (Å²) in [6.45, 7) is 1.87. The quantitative estimate of drug-likeness (QED) is 0.779. The number of hydrogen-bond donors (Lipinski definition) is 1. The standard InChI is InChI=1S/C13H16N2O/c1-15-7-5-13(10-14,6-8-15)11-3-2-4-12(16)9-11/h2-4,9,16H,5-8H2,1H3. The second-order valence-corrected chi connectivity index (χ2v) is 4.55. The van der Waals surface area contributed by atoms with Gasteiger partial charge in [-0.3, -0.25) is 0 Å². The Labute approximate surface area is 95.9 Å². The Morgan fingerprint density at radius 3 is 2.62 bits per heavy atom. The van der Waals surface area contributed by atoms with Crippen molar-refractivity contribution in [2.45, 2.75) is 18.3 Å². The Morgan fingerprint density at radius 2 is 2.06 bits per heavy atom. The van der Waals surface area contributed by atoms with Gasteiger partial charge in [0.15, 0.2) is 0 Å². The van der Waals surface area contributed by atoms with Crippen molar-refractivity contribution in [3.8, 4) is 11.8 Å². The zero-order chi connectivity index (χ0) is 11.6. The molecule has 1 aromatic rings. The fourth-order valence-corrected chi connectivity index (χ4v) is 2.27. The van der Waals surface area contributed by atoms with Crippen LogP contribution < -0.4 is 0 Å². The molecule has 0 bridgehead atoms. The molecule has 0 aromatic heterocycles. The van der Waals surface area contributed by atoms with Crippen LogP contribution in [0.2, 0.25) is 0 Å². The molecule has 1 heterocycles. The van der Waals surface area contributed by atoms with E-state index < -0.39 is 5.41 Å². The molecule has 0 atom stereocenters. The van der Waals surface area contributed by atoms with Crippen molar-refractivity contribution in [1.82, 2.24) is 4.90 Å². The van der Waals surface area contributed by atoms with Gasteiger partial charge in [-0.05, 0) is 50.7 Å². The predicted octanol–water partition coefficient (Wildman–Crippen LogP) is 1.88. The summed E-state index contributed by atoms with van der Waals surface area (Å²) in [4.78, 5) is 2.23. The molecule has 0 spiro atoms. The summed E-state index contributed by atoms with van der Waals surface area (Å²) in [5.74, 6) is 0.242. The van der Waals surface area contributed by atoms with Crippen LogP contribution in [-0.2, 0) is 5.41 Å². The number of benzene rings is 1. The highest BCUT2D eigenvalue weighted by Gasteiger charge is 2.35. The minimum absolute atomic E-state index is 0.242. The number of rotatable bonds is 1. The number of aromatic hydroxyl groups is 1. The largest absolute Gasteiger partial charge is 0.508 e. The highest BCUT2D eigenvalue weighted by molar-refractivity contribution is 5.38. The summed E-state index contributed by atoms with van der Waals surface area (Å²) in [5.41, 5.74) is 0.536. The average Bonchev–Trinajstić information content (AvgIpc) is 2.31. The number of hydrogen-bond acceptors (Lipinski definition) is 3. The van der Waals surface area contributed by atoms with Crippen LogP contribution in [0.15, 0.2) is 24.3 Å². The van der Waals surface area contributed by atoms with E-state index in [2.05, 4.69) is 18.0 Å². The minimum atomic E-state index is -0.411. The van der Waals surface area contributed by atoms with Gasteiger partial charge in [0.25, 0.3) is 0 Å². The summed E-state index contributed by atoms with van der Waals surface area (Å²) in [6, 6.07) is 9.55. The lowest BCUT2D eigenvalue weighted by atomic mass is 9.74. The summed E-state index contributed by atoms with van der Waals surface area (Å²) >= 11 is 0. The van der Waals surface area contributed by atoms with E-state index in [-0.39, 0.29) is 5.75 Å². The molecule has 0 radical (unpaired) electrons. The number of phenolic OH excluding ortho intramolecular Hbond substituents is 1. The van der Waals surface area contributed by atoms with E-state index in [1.807, 2.05) is 12.1 Å². The Bertz CT molecular complexity index is 414. The smallest absolute Gasteiger partial charge is 0.115 e. The topological polar surface area (TPSA) is 47.3 Å². The maximum absolute atomic E-state index is 9.49. The molecule has 16 heavy (non-hydrogen) atoms. The van der Waals surface area contributed by atoms with Gasteiger partial charge in [0, 0.05) is 0 Å². The van der Waals surface area contributed by atoms with Gasteiger partial charge in [0.2, 0.25) is 0 Å². The van der Waals surface area contributed by atoms with Crippen molar-refractivity contribution in [1.29, 1.82) is 5.26 Å². The van der Waals surface area contributed by atoms with E-state index in [0.29, 0.717) is 0 Å². The van der Waals surface area contributed by atoms with Crippen LogP contribution >= 0.6 is 0 Å². The molecule has 3 nitrogen and oxygen atoms in total. The second-order valence-electron chi connectivity index (χ2n) is 4.55. The molecular weight excluding hydrogens is 200 g/mol. The van der Waals surface area contributed by atoms with Gasteiger partial charge in [-0.15, -0.1) is 0 Å². The molecule has 1 aliphatic heterocycles. The fraction of sp³-hybridized carbons (Fsp3) is 0.462. The lowest BCUT2D eigenvalue weighted by Gasteiger charge is -2.35. The minimum Gasteiger partial charge on any atom is -0.508 e. The molecule has 2 rings (SSSR count). The first-order valence-corrected chi connectivity index (χ1v) is 5.56. The van der Waals surface area contributed by atoms with Gasteiger partial charge < -0.3 is 10.0 Å². The Morgan fingerprint density at radius 1 is 1.38 bits per heavy atom. The maximum atomic E-state index is 9.49. The summed E-state index contributed by atoms with van der Waals surface area (Å²) in [6.07, 6.45) is 1.67. The molecule has 1 N–H and O–H groups in total. The van der Waals surface area contributed by atoms with Crippen LogP contribution in [0.1, 0.15) is 18.4 Å². The monoisotopic (exact) mass is 216 g/mol. The first kappa shape index (κ1) is 11.0. The van der Waals surface area contributed by atoms with E-state index in [4.69, 9.17) is 0 Å². The predicted molar refractivity (Wildman–Crippen MR) is 62.1 cm³/mol. The highest BCUT2D eigenvalue weighted by Crippen LogP contribution is 2.35. The van der Waals surface area contributed by atoms with Crippen molar-refractivity contribution >= 4 is 0 Å². The molecule has 84 valence electrons. The first-order chi connectivity index (χ1) is 7.66. The van der Waals surface area contributed by atoms with E-state index in [9.17, 15) is 10.4 Å². The maximum Gasteiger partial charge on any atom is 0.115 e. The lowest BCUT2D eigenvalue weighted by Crippen LogP contribution is -2.39. The third-order valence-electron chi connectivity index (χ3n) is 3.45. The van der Waals surface area contributed by atoms with Crippen molar-refractivity contribution in [2.24, 2.45) is 0 Å². The van der Waals surface area contributed by atoms with Gasteiger partial charge in [-0.25, -0.2) is 0 Å². The number of nitrogens with zero attached hydrogens (tertiary/aromatic N) is 2. The zero-order valence-corrected chi connectivity index (χ0v) is 9.48. The van der Waals surface area contributed by atoms with Crippen LogP contribution in [0.3, 0.4) is 0 Å². The number of nitriles is 1. The molecular formula is C13H16N2O. The fourth-order valence-electron chi connectivity index (χ4n) is 2.27. The molecule has 0 aliphatic carbocycles. The van der Waals surface area contributed by atoms with Gasteiger partial charge in [-0.1, -0.05) is 12.1 Å². The van der Waals surface area contributed by atoms with Crippen molar-refractivity contribution in [3.63, 3.8) is 0 Å². The number of phenols is 1. The molecule has 1 aliphatic rings.